The third kappa shape index (κ3) is 5.22. The van der Waals surface area contributed by atoms with Crippen LogP contribution in [0.5, 0.6) is 5.75 Å². The van der Waals surface area contributed by atoms with E-state index in [-0.39, 0.29) is 48.0 Å². The summed E-state index contributed by atoms with van der Waals surface area (Å²) in [6.07, 6.45) is 3.28. The standard InChI is InChI=1S/C25H27N7O5/c1-25(2,3)32-23(35)14-7-13(14)22(34)31-16-9-26-20-19(16)28-11-29-21(20)24(36)27-8-12-4-5-17-15(6-12)30-18(33)10-37-17/h4-6,9,11,13-14,26H,7-8,10H2,1-3H3,(H,27,36)(H,30,33)(H,31,34)(H,32,35)/t13-,14-/m1/s1. The zero-order valence-corrected chi connectivity index (χ0v) is 20.6. The number of nitrogens with zero attached hydrogens (tertiary/aromatic N) is 2. The van der Waals surface area contributed by atoms with E-state index in [1.165, 1.54) is 6.33 Å². The van der Waals surface area contributed by atoms with Gasteiger partial charge in [-0.25, -0.2) is 9.97 Å². The van der Waals surface area contributed by atoms with E-state index in [0.29, 0.717) is 34.6 Å². The van der Waals surface area contributed by atoms with Gasteiger partial charge in [0.2, 0.25) is 11.8 Å². The number of nitrogens with one attached hydrogen (secondary N) is 5. The number of fused-ring (bicyclic) bond motifs is 2. The first-order valence-corrected chi connectivity index (χ1v) is 11.9. The summed E-state index contributed by atoms with van der Waals surface area (Å²) in [6.45, 7) is 5.84. The largest absolute Gasteiger partial charge is 0.482 e. The van der Waals surface area contributed by atoms with Crippen LogP contribution in [0.25, 0.3) is 11.0 Å². The molecule has 0 radical (unpaired) electrons. The van der Waals surface area contributed by atoms with E-state index in [4.69, 9.17) is 4.74 Å². The number of aromatic amines is 1. The Morgan fingerprint density at radius 3 is 2.70 bits per heavy atom. The highest BCUT2D eigenvalue weighted by Crippen LogP contribution is 2.40. The van der Waals surface area contributed by atoms with E-state index >= 15 is 0 Å². The zero-order chi connectivity index (χ0) is 26.3. The minimum Gasteiger partial charge on any atom is -0.482 e. The molecule has 0 spiro atoms. The fraction of sp³-hybridized carbons (Fsp3) is 0.360. The molecule has 5 N–H and O–H groups in total. The van der Waals surface area contributed by atoms with E-state index in [0.717, 1.165) is 5.56 Å². The summed E-state index contributed by atoms with van der Waals surface area (Å²) in [5, 5.41) is 11.3. The van der Waals surface area contributed by atoms with Crippen LogP contribution in [0.1, 0.15) is 43.2 Å². The molecule has 1 saturated carbocycles. The van der Waals surface area contributed by atoms with Crippen molar-refractivity contribution < 1.29 is 23.9 Å². The van der Waals surface area contributed by atoms with Gasteiger partial charge in [-0.2, -0.15) is 0 Å². The van der Waals surface area contributed by atoms with Gasteiger partial charge in [0, 0.05) is 18.3 Å². The molecule has 0 bridgehead atoms. The van der Waals surface area contributed by atoms with Crippen molar-refractivity contribution in [1.82, 2.24) is 25.6 Å². The molecule has 37 heavy (non-hydrogen) atoms. The van der Waals surface area contributed by atoms with Crippen molar-refractivity contribution in [2.75, 3.05) is 17.2 Å². The van der Waals surface area contributed by atoms with Crippen LogP contribution in [0.4, 0.5) is 11.4 Å². The first kappa shape index (κ1) is 24.2. The minimum absolute atomic E-state index is 0.0286. The van der Waals surface area contributed by atoms with Gasteiger partial charge in [-0.1, -0.05) is 6.07 Å². The second-order valence-corrected chi connectivity index (χ2v) is 10.2. The fourth-order valence-corrected chi connectivity index (χ4v) is 4.18. The van der Waals surface area contributed by atoms with Gasteiger partial charge in [-0.3, -0.25) is 19.2 Å². The third-order valence-electron chi connectivity index (χ3n) is 6.03. The summed E-state index contributed by atoms with van der Waals surface area (Å²) in [5.41, 5.74) is 2.23. The minimum atomic E-state index is -0.439. The predicted molar refractivity (Wildman–Crippen MR) is 134 cm³/mol. The lowest BCUT2D eigenvalue weighted by Crippen LogP contribution is -2.42. The van der Waals surface area contributed by atoms with Crippen LogP contribution in [0.3, 0.4) is 0 Å². The van der Waals surface area contributed by atoms with Gasteiger partial charge in [0.1, 0.15) is 17.6 Å². The molecule has 12 nitrogen and oxygen atoms in total. The Balaban J connectivity index is 1.24. The number of hydrogen-bond donors (Lipinski definition) is 5. The molecule has 1 aromatic carbocycles. The molecule has 0 saturated heterocycles. The quantitative estimate of drug-likeness (QED) is 0.340. The van der Waals surface area contributed by atoms with Crippen molar-refractivity contribution in [3.8, 4) is 5.75 Å². The van der Waals surface area contributed by atoms with Crippen molar-refractivity contribution in [2.45, 2.75) is 39.3 Å². The Labute approximate surface area is 212 Å². The second kappa shape index (κ2) is 9.19. The molecule has 2 aliphatic rings. The number of hydrogen-bond acceptors (Lipinski definition) is 7. The number of amides is 4. The molecule has 12 heteroatoms. The smallest absolute Gasteiger partial charge is 0.272 e. The molecule has 1 fully saturated rings. The SMILES string of the molecule is CC(C)(C)NC(=O)[C@@H]1C[C@H]1C(=O)Nc1c[nH]c2c(C(=O)NCc3ccc4c(c3)NC(=O)CO4)ncnc12. The third-order valence-corrected chi connectivity index (χ3v) is 6.03. The number of H-pyrrole nitrogens is 1. The molecular weight excluding hydrogens is 478 g/mol. The van der Waals surface area contributed by atoms with E-state index in [1.54, 1.807) is 24.4 Å². The molecule has 1 aliphatic carbocycles. The van der Waals surface area contributed by atoms with Gasteiger partial charge < -0.3 is 31.0 Å². The van der Waals surface area contributed by atoms with E-state index in [2.05, 4.69) is 36.2 Å². The predicted octanol–water partition coefficient (Wildman–Crippen LogP) is 1.71. The van der Waals surface area contributed by atoms with Crippen LogP contribution in [0.2, 0.25) is 0 Å². The van der Waals surface area contributed by atoms with Crippen LogP contribution < -0.4 is 26.0 Å². The number of aromatic nitrogens is 3. The Morgan fingerprint density at radius 2 is 1.92 bits per heavy atom. The number of carbonyl (C=O) groups is 4. The lowest BCUT2D eigenvalue weighted by molar-refractivity contribution is -0.126. The molecular formula is C25H27N7O5. The van der Waals surface area contributed by atoms with Crippen molar-refractivity contribution in [2.24, 2.45) is 11.8 Å². The summed E-state index contributed by atoms with van der Waals surface area (Å²) in [6, 6.07) is 5.26. The Morgan fingerprint density at radius 1 is 1.14 bits per heavy atom. The average molecular weight is 506 g/mol. The maximum absolute atomic E-state index is 12.9. The molecule has 3 aromatic rings. The van der Waals surface area contributed by atoms with Crippen molar-refractivity contribution in [3.05, 3.63) is 42.0 Å². The van der Waals surface area contributed by atoms with Gasteiger partial charge >= 0.3 is 0 Å². The normalized spacial score (nSPS) is 18.3. The van der Waals surface area contributed by atoms with Crippen LogP contribution in [-0.4, -0.2) is 50.7 Å². The maximum atomic E-state index is 12.9. The lowest BCUT2D eigenvalue weighted by Gasteiger charge is -2.20. The van der Waals surface area contributed by atoms with Crippen LogP contribution in [0, 0.1) is 11.8 Å². The molecule has 2 aromatic heterocycles. The molecule has 4 amide bonds. The first-order valence-electron chi connectivity index (χ1n) is 11.9. The van der Waals surface area contributed by atoms with Crippen molar-refractivity contribution in [3.63, 3.8) is 0 Å². The highest BCUT2D eigenvalue weighted by molar-refractivity contribution is 6.09. The number of carbonyl (C=O) groups excluding carboxylic acids is 4. The molecule has 0 unspecified atom stereocenters. The zero-order valence-electron chi connectivity index (χ0n) is 20.6. The van der Waals surface area contributed by atoms with E-state index in [1.807, 2.05) is 20.8 Å². The summed E-state index contributed by atoms with van der Waals surface area (Å²) in [7, 11) is 0. The molecule has 192 valence electrons. The van der Waals surface area contributed by atoms with Gasteiger partial charge in [0.05, 0.1) is 28.7 Å². The highest BCUT2D eigenvalue weighted by Gasteiger charge is 2.48. The van der Waals surface area contributed by atoms with Crippen LogP contribution >= 0.6 is 0 Å². The molecule has 3 heterocycles. The second-order valence-electron chi connectivity index (χ2n) is 10.2. The maximum Gasteiger partial charge on any atom is 0.272 e. The molecule has 2 atom stereocenters. The topological polar surface area (TPSA) is 167 Å². The van der Waals surface area contributed by atoms with Gasteiger partial charge in [-0.05, 0) is 44.9 Å². The van der Waals surface area contributed by atoms with Crippen LogP contribution in [0.15, 0.2) is 30.7 Å². The number of ether oxygens (including phenoxy) is 1. The van der Waals surface area contributed by atoms with Crippen molar-refractivity contribution >= 4 is 46.0 Å². The van der Waals surface area contributed by atoms with E-state index in [9.17, 15) is 19.2 Å². The average Bonchev–Trinajstić information content (AvgIpc) is 3.56. The fourth-order valence-electron chi connectivity index (χ4n) is 4.18. The summed E-state index contributed by atoms with van der Waals surface area (Å²) >= 11 is 0. The van der Waals surface area contributed by atoms with Crippen molar-refractivity contribution in [1.29, 1.82) is 0 Å². The number of rotatable bonds is 6. The van der Waals surface area contributed by atoms with E-state index < -0.39 is 11.8 Å². The van der Waals surface area contributed by atoms with Crippen LogP contribution in [-0.2, 0) is 20.9 Å². The summed E-state index contributed by atoms with van der Waals surface area (Å²) in [5.74, 6) is -1.29. The Hall–Kier alpha value is -4.48. The Bertz CT molecular complexity index is 1420. The monoisotopic (exact) mass is 505 g/mol. The summed E-state index contributed by atoms with van der Waals surface area (Å²) in [4.78, 5) is 60.8. The molecule has 5 rings (SSSR count). The summed E-state index contributed by atoms with van der Waals surface area (Å²) < 4.78 is 5.35. The number of benzene rings is 1. The first-order chi connectivity index (χ1) is 17.6. The highest BCUT2D eigenvalue weighted by atomic mass is 16.5. The van der Waals surface area contributed by atoms with Gasteiger partial charge in [-0.15, -0.1) is 0 Å². The number of anilines is 2. The van der Waals surface area contributed by atoms with Gasteiger partial charge in [0.25, 0.3) is 11.8 Å². The lowest BCUT2D eigenvalue weighted by atomic mass is 10.1. The molecule has 1 aliphatic heterocycles. The van der Waals surface area contributed by atoms with Gasteiger partial charge in [0.15, 0.2) is 12.3 Å². The Kier molecular flexibility index (Phi) is 6.02.